The number of hydrogen-bond acceptors (Lipinski definition) is 1. The van der Waals surface area contributed by atoms with Gasteiger partial charge in [-0.1, -0.05) is 42.8 Å². The molecule has 0 aliphatic carbocycles. The van der Waals surface area contributed by atoms with Crippen LogP contribution in [0.25, 0.3) is 0 Å². The lowest BCUT2D eigenvalue weighted by Crippen LogP contribution is -2.02. The molecule has 1 nitrogen and oxygen atoms in total. The Morgan fingerprint density at radius 2 is 2.00 bits per heavy atom. The van der Waals surface area contributed by atoms with Gasteiger partial charge in [0.1, 0.15) is 0 Å². The molecule has 0 amide bonds. The first-order valence-corrected chi connectivity index (χ1v) is 5.31. The summed E-state index contributed by atoms with van der Waals surface area (Å²) in [4.78, 5) is 11.9. The van der Waals surface area contributed by atoms with Crippen molar-refractivity contribution < 1.29 is 4.79 Å². The third kappa shape index (κ3) is 3.05. The Morgan fingerprint density at radius 1 is 1.33 bits per heavy atom. The van der Waals surface area contributed by atoms with Crippen LogP contribution < -0.4 is 0 Å². The SMILES string of the molecule is C=C(CC)CC(=O)c1ccc(C)cc1C. The van der Waals surface area contributed by atoms with E-state index in [1.165, 1.54) is 5.56 Å². The largest absolute Gasteiger partial charge is 0.294 e. The maximum Gasteiger partial charge on any atom is 0.167 e. The van der Waals surface area contributed by atoms with Crippen molar-refractivity contribution in [3.8, 4) is 0 Å². The van der Waals surface area contributed by atoms with Crippen molar-refractivity contribution in [3.63, 3.8) is 0 Å². The summed E-state index contributed by atoms with van der Waals surface area (Å²) < 4.78 is 0. The zero-order valence-electron chi connectivity index (χ0n) is 9.76. The summed E-state index contributed by atoms with van der Waals surface area (Å²) in [5.74, 6) is 0.180. The first kappa shape index (κ1) is 11.7. The van der Waals surface area contributed by atoms with Gasteiger partial charge in [-0.3, -0.25) is 4.79 Å². The van der Waals surface area contributed by atoms with Crippen LogP contribution in [0.2, 0.25) is 0 Å². The Morgan fingerprint density at radius 3 is 2.53 bits per heavy atom. The van der Waals surface area contributed by atoms with Gasteiger partial charge in [-0.2, -0.15) is 0 Å². The Balaban J connectivity index is 2.87. The first-order chi connectivity index (χ1) is 7.04. The van der Waals surface area contributed by atoms with Gasteiger partial charge in [0, 0.05) is 12.0 Å². The molecular formula is C14H18O. The third-order valence-electron chi connectivity index (χ3n) is 2.59. The number of carbonyl (C=O) groups excluding carboxylic acids is 1. The molecule has 0 aliphatic heterocycles. The molecule has 1 aromatic carbocycles. The maximum absolute atomic E-state index is 11.9. The number of carbonyl (C=O) groups is 1. The van der Waals surface area contributed by atoms with Crippen LogP contribution >= 0.6 is 0 Å². The van der Waals surface area contributed by atoms with Gasteiger partial charge in [-0.15, -0.1) is 0 Å². The summed E-state index contributed by atoms with van der Waals surface area (Å²) in [5, 5.41) is 0. The smallest absolute Gasteiger partial charge is 0.167 e. The summed E-state index contributed by atoms with van der Waals surface area (Å²) in [5.41, 5.74) is 4.08. The van der Waals surface area contributed by atoms with Crippen LogP contribution in [0.3, 0.4) is 0 Å². The summed E-state index contributed by atoms with van der Waals surface area (Å²) in [6.45, 7) is 9.91. The van der Waals surface area contributed by atoms with Crippen LogP contribution in [-0.4, -0.2) is 5.78 Å². The van der Waals surface area contributed by atoms with Crippen molar-refractivity contribution in [2.75, 3.05) is 0 Å². The fourth-order valence-corrected chi connectivity index (χ4v) is 1.57. The van der Waals surface area contributed by atoms with E-state index in [1.54, 1.807) is 0 Å². The minimum Gasteiger partial charge on any atom is -0.294 e. The molecule has 0 aliphatic rings. The average Bonchev–Trinajstić information content (AvgIpc) is 2.17. The number of aryl methyl sites for hydroxylation is 2. The minimum atomic E-state index is 0.180. The van der Waals surface area contributed by atoms with Crippen LogP contribution in [0.4, 0.5) is 0 Å². The van der Waals surface area contributed by atoms with Crippen molar-refractivity contribution in [2.45, 2.75) is 33.6 Å². The second kappa shape index (κ2) is 4.92. The molecule has 0 bridgehead atoms. The van der Waals surface area contributed by atoms with Crippen LogP contribution in [0.5, 0.6) is 0 Å². The molecule has 0 saturated heterocycles. The first-order valence-electron chi connectivity index (χ1n) is 5.31. The van der Waals surface area contributed by atoms with E-state index < -0.39 is 0 Å². The lowest BCUT2D eigenvalue weighted by molar-refractivity contribution is 0.0992. The average molecular weight is 202 g/mol. The summed E-state index contributed by atoms with van der Waals surface area (Å²) in [7, 11) is 0. The van der Waals surface area contributed by atoms with E-state index in [0.717, 1.165) is 23.1 Å². The lowest BCUT2D eigenvalue weighted by Gasteiger charge is -2.06. The molecule has 80 valence electrons. The highest BCUT2D eigenvalue weighted by Gasteiger charge is 2.09. The number of allylic oxidation sites excluding steroid dienone is 1. The van der Waals surface area contributed by atoms with Crippen LogP contribution in [0.15, 0.2) is 30.4 Å². The van der Waals surface area contributed by atoms with E-state index in [-0.39, 0.29) is 5.78 Å². The maximum atomic E-state index is 11.9. The molecule has 1 heteroatoms. The Hall–Kier alpha value is -1.37. The number of hydrogen-bond donors (Lipinski definition) is 0. The Kier molecular flexibility index (Phi) is 3.84. The molecule has 1 aromatic rings. The normalized spacial score (nSPS) is 10.1. The summed E-state index contributed by atoms with van der Waals surface area (Å²) >= 11 is 0. The standard InChI is InChI=1S/C14H18O/c1-5-10(2)9-14(15)13-7-6-11(3)8-12(13)4/h6-8H,2,5,9H2,1,3-4H3. The molecule has 0 radical (unpaired) electrons. The van der Waals surface area contributed by atoms with Crippen LogP contribution in [0.1, 0.15) is 41.3 Å². The van der Waals surface area contributed by atoms with E-state index in [4.69, 9.17) is 0 Å². The summed E-state index contributed by atoms with van der Waals surface area (Å²) in [6.07, 6.45) is 1.34. The molecule has 0 fully saturated rings. The van der Waals surface area contributed by atoms with Crippen molar-refractivity contribution in [2.24, 2.45) is 0 Å². The monoisotopic (exact) mass is 202 g/mol. The lowest BCUT2D eigenvalue weighted by atomic mass is 9.97. The quantitative estimate of drug-likeness (QED) is 0.535. The predicted molar refractivity (Wildman–Crippen MR) is 64.3 cm³/mol. The fraction of sp³-hybridized carbons (Fsp3) is 0.357. The van der Waals surface area contributed by atoms with Crippen LogP contribution in [0, 0.1) is 13.8 Å². The molecule has 0 atom stereocenters. The van der Waals surface area contributed by atoms with Crippen molar-refractivity contribution in [1.82, 2.24) is 0 Å². The number of Topliss-reactive ketones (excluding diaryl/α,β-unsaturated/α-hetero) is 1. The van der Waals surface area contributed by atoms with Gasteiger partial charge in [0.05, 0.1) is 0 Å². The molecule has 0 N–H and O–H groups in total. The highest BCUT2D eigenvalue weighted by molar-refractivity contribution is 5.98. The highest BCUT2D eigenvalue weighted by Crippen LogP contribution is 2.15. The fourth-order valence-electron chi connectivity index (χ4n) is 1.57. The van der Waals surface area contributed by atoms with Gasteiger partial charge in [0.2, 0.25) is 0 Å². The molecule has 1 rings (SSSR count). The zero-order chi connectivity index (χ0) is 11.4. The van der Waals surface area contributed by atoms with E-state index in [9.17, 15) is 4.79 Å². The molecular weight excluding hydrogens is 184 g/mol. The molecule has 0 aromatic heterocycles. The molecule has 0 unspecified atom stereocenters. The van der Waals surface area contributed by atoms with Crippen molar-refractivity contribution >= 4 is 5.78 Å². The van der Waals surface area contributed by atoms with Crippen molar-refractivity contribution in [3.05, 3.63) is 47.0 Å². The topological polar surface area (TPSA) is 17.1 Å². The van der Waals surface area contributed by atoms with E-state index in [2.05, 4.69) is 6.58 Å². The Bertz CT molecular complexity index is 388. The Labute approximate surface area is 91.8 Å². The number of rotatable bonds is 4. The number of ketones is 1. The highest BCUT2D eigenvalue weighted by atomic mass is 16.1. The predicted octanol–water partition coefficient (Wildman–Crippen LogP) is 3.84. The van der Waals surface area contributed by atoms with Gasteiger partial charge in [-0.05, 0) is 25.8 Å². The van der Waals surface area contributed by atoms with E-state index in [0.29, 0.717) is 6.42 Å². The van der Waals surface area contributed by atoms with E-state index >= 15 is 0 Å². The zero-order valence-corrected chi connectivity index (χ0v) is 9.76. The summed E-state index contributed by atoms with van der Waals surface area (Å²) in [6, 6.07) is 5.94. The minimum absolute atomic E-state index is 0.180. The molecule has 0 saturated carbocycles. The van der Waals surface area contributed by atoms with Gasteiger partial charge >= 0.3 is 0 Å². The van der Waals surface area contributed by atoms with Gasteiger partial charge < -0.3 is 0 Å². The van der Waals surface area contributed by atoms with E-state index in [1.807, 2.05) is 39.0 Å². The van der Waals surface area contributed by atoms with Crippen molar-refractivity contribution in [1.29, 1.82) is 0 Å². The molecule has 0 spiro atoms. The number of benzene rings is 1. The third-order valence-corrected chi connectivity index (χ3v) is 2.59. The van der Waals surface area contributed by atoms with Gasteiger partial charge in [0.15, 0.2) is 5.78 Å². The molecule has 0 heterocycles. The second-order valence-corrected chi connectivity index (χ2v) is 4.02. The van der Waals surface area contributed by atoms with Gasteiger partial charge in [0.25, 0.3) is 0 Å². The second-order valence-electron chi connectivity index (χ2n) is 4.02. The van der Waals surface area contributed by atoms with Gasteiger partial charge in [-0.25, -0.2) is 0 Å². The molecule has 15 heavy (non-hydrogen) atoms. The van der Waals surface area contributed by atoms with Crippen LogP contribution in [-0.2, 0) is 0 Å².